The van der Waals surface area contributed by atoms with E-state index in [1.165, 1.54) is 12.2 Å². The molecule has 1 aliphatic carbocycles. The predicted molar refractivity (Wildman–Crippen MR) is 90.7 cm³/mol. The van der Waals surface area contributed by atoms with Crippen LogP contribution in [0.3, 0.4) is 0 Å². The van der Waals surface area contributed by atoms with Gasteiger partial charge in [0.2, 0.25) is 5.91 Å². The van der Waals surface area contributed by atoms with E-state index in [0.29, 0.717) is 5.57 Å². The molecule has 0 radical (unpaired) electrons. The molecule has 0 aromatic carbocycles. The fourth-order valence-electron chi connectivity index (χ4n) is 1.08. The lowest BCUT2D eigenvalue weighted by Gasteiger charge is -2.06. The van der Waals surface area contributed by atoms with Crippen LogP contribution in [0.5, 0.6) is 0 Å². The number of carbonyl (C=O) groups is 1. The number of hydrogen-bond donors (Lipinski definition) is 4. The number of allylic oxidation sites excluding steroid dienone is 6. The lowest BCUT2D eigenvalue weighted by atomic mass is 10.1. The number of hydrogen-bond acceptors (Lipinski definition) is 4. The fraction of sp³-hybridized carbons (Fsp3) is 0.188. The molecule has 21 heavy (non-hydrogen) atoms. The minimum Gasteiger partial charge on any atom is -0.368 e. The van der Waals surface area contributed by atoms with E-state index in [9.17, 15) is 4.79 Å². The summed E-state index contributed by atoms with van der Waals surface area (Å²) < 4.78 is 0. The molecule has 1 rings (SSSR count). The van der Waals surface area contributed by atoms with Gasteiger partial charge in [-0.25, -0.2) is 0 Å². The van der Waals surface area contributed by atoms with E-state index in [1.807, 2.05) is 13.8 Å². The molecule has 0 heterocycles. The summed E-state index contributed by atoms with van der Waals surface area (Å²) in [5, 5.41) is 14.1. The maximum absolute atomic E-state index is 10.5. The monoisotopic (exact) mass is 288 g/mol. The van der Waals surface area contributed by atoms with Crippen LogP contribution >= 0.6 is 0 Å². The van der Waals surface area contributed by atoms with Gasteiger partial charge in [0.05, 0.1) is 11.4 Å². The molecule has 0 aromatic rings. The quantitative estimate of drug-likeness (QED) is 0.469. The van der Waals surface area contributed by atoms with Gasteiger partial charge in [0.25, 0.3) is 0 Å². The molecule has 0 aliphatic heterocycles. The third kappa shape index (κ3) is 9.07. The number of amides is 1. The van der Waals surface area contributed by atoms with Gasteiger partial charge in [-0.05, 0) is 17.7 Å². The van der Waals surface area contributed by atoms with Crippen LogP contribution in [0.4, 0.5) is 0 Å². The van der Waals surface area contributed by atoms with Crippen molar-refractivity contribution in [3.05, 3.63) is 61.3 Å². The Hall–Kier alpha value is -2.53. The number of nitrogens with two attached hydrogens (primary N) is 2. The maximum Gasteiger partial charge on any atom is 0.238 e. The van der Waals surface area contributed by atoms with E-state index >= 15 is 0 Å². The van der Waals surface area contributed by atoms with Crippen LogP contribution in [0.25, 0.3) is 0 Å². The second kappa shape index (κ2) is 12.5. The van der Waals surface area contributed by atoms with E-state index in [4.69, 9.17) is 22.3 Å². The van der Waals surface area contributed by atoms with Gasteiger partial charge in [-0.1, -0.05) is 57.4 Å². The van der Waals surface area contributed by atoms with Gasteiger partial charge in [-0.2, -0.15) is 0 Å². The molecule has 0 spiro atoms. The van der Waals surface area contributed by atoms with Gasteiger partial charge < -0.3 is 11.5 Å². The van der Waals surface area contributed by atoms with Crippen molar-refractivity contribution in [3.63, 3.8) is 0 Å². The Morgan fingerprint density at radius 1 is 1.19 bits per heavy atom. The minimum atomic E-state index is -0.787. The van der Waals surface area contributed by atoms with Crippen molar-refractivity contribution in [3.8, 4) is 0 Å². The van der Waals surface area contributed by atoms with Crippen molar-refractivity contribution >= 4 is 17.3 Å². The standard InChI is InChI=1S/C8H12N2O.C6H6N2.C2H6/c1-3-5-6(4-2)7(9)8(10)11;7-5-3-1-2-4-6(5)8;1-2/h3-5,7H,1-2,9H2,(H2,10,11);1-4,7-8H;1-2H3/b6-5+;;. The van der Waals surface area contributed by atoms with Crippen LogP contribution < -0.4 is 11.5 Å². The zero-order chi connectivity index (χ0) is 16.8. The third-order valence-corrected chi connectivity index (χ3v) is 2.14. The van der Waals surface area contributed by atoms with E-state index in [-0.39, 0.29) is 11.4 Å². The Balaban J connectivity index is 0. The molecule has 5 nitrogen and oxygen atoms in total. The van der Waals surface area contributed by atoms with Crippen molar-refractivity contribution in [2.24, 2.45) is 11.5 Å². The highest BCUT2D eigenvalue weighted by Crippen LogP contribution is 2.00. The summed E-state index contributed by atoms with van der Waals surface area (Å²) in [7, 11) is 0. The molecule has 0 fully saturated rings. The Morgan fingerprint density at radius 2 is 1.62 bits per heavy atom. The molecule has 0 bridgehead atoms. The Morgan fingerprint density at radius 3 is 1.86 bits per heavy atom. The Kier molecular flexibility index (Phi) is 12.4. The van der Waals surface area contributed by atoms with Crippen molar-refractivity contribution in [2.45, 2.75) is 19.9 Å². The lowest BCUT2D eigenvalue weighted by molar-refractivity contribution is -0.118. The maximum atomic E-state index is 10.5. The van der Waals surface area contributed by atoms with Crippen LogP contribution in [-0.2, 0) is 4.79 Å². The topological polar surface area (TPSA) is 117 Å². The first-order valence-corrected chi connectivity index (χ1v) is 6.46. The Labute approximate surface area is 126 Å². The zero-order valence-electron chi connectivity index (χ0n) is 12.6. The SMILES string of the molecule is C=C/C=C(\C=C)C(N)C(N)=O.CC.N=C1C=CC=CC1=N. The van der Waals surface area contributed by atoms with Gasteiger partial charge in [0, 0.05) is 0 Å². The van der Waals surface area contributed by atoms with Gasteiger partial charge in [-0.3, -0.25) is 15.6 Å². The molecule has 5 heteroatoms. The predicted octanol–water partition coefficient (Wildman–Crippen LogP) is 2.28. The van der Waals surface area contributed by atoms with Crippen LogP contribution in [-0.4, -0.2) is 23.4 Å². The molecule has 114 valence electrons. The molecular weight excluding hydrogens is 264 g/mol. The summed E-state index contributed by atoms with van der Waals surface area (Å²) in [6.07, 6.45) is 11.3. The molecule has 0 saturated heterocycles. The average molecular weight is 288 g/mol. The number of primary amides is 1. The van der Waals surface area contributed by atoms with E-state index in [2.05, 4.69) is 13.2 Å². The second-order valence-corrected chi connectivity index (χ2v) is 3.53. The number of rotatable bonds is 4. The Bertz CT molecular complexity index is 463. The van der Waals surface area contributed by atoms with E-state index < -0.39 is 11.9 Å². The van der Waals surface area contributed by atoms with Gasteiger partial charge in [-0.15, -0.1) is 0 Å². The molecule has 6 N–H and O–H groups in total. The number of carbonyl (C=O) groups excluding carboxylic acids is 1. The van der Waals surface area contributed by atoms with E-state index in [0.717, 1.165) is 0 Å². The highest BCUT2D eigenvalue weighted by molar-refractivity contribution is 6.48. The summed E-state index contributed by atoms with van der Waals surface area (Å²) in [5.74, 6) is -0.571. The first-order valence-electron chi connectivity index (χ1n) is 6.46. The molecule has 1 amide bonds. The van der Waals surface area contributed by atoms with Crippen LogP contribution in [0.15, 0.2) is 61.3 Å². The molecule has 1 atom stereocenters. The lowest BCUT2D eigenvalue weighted by Crippen LogP contribution is -2.37. The van der Waals surface area contributed by atoms with Gasteiger partial charge in [0.15, 0.2) is 0 Å². The van der Waals surface area contributed by atoms with Gasteiger partial charge >= 0.3 is 0 Å². The van der Waals surface area contributed by atoms with Crippen molar-refractivity contribution in [2.75, 3.05) is 0 Å². The molecule has 1 aliphatic rings. The zero-order valence-corrected chi connectivity index (χ0v) is 12.6. The summed E-state index contributed by atoms with van der Waals surface area (Å²) in [6.45, 7) is 10.9. The van der Waals surface area contributed by atoms with Crippen LogP contribution in [0.2, 0.25) is 0 Å². The first-order chi connectivity index (χ1) is 9.93. The summed E-state index contributed by atoms with van der Waals surface area (Å²) in [5.41, 5.74) is 11.5. The fourth-order valence-corrected chi connectivity index (χ4v) is 1.08. The van der Waals surface area contributed by atoms with Crippen LogP contribution in [0, 0.1) is 10.8 Å². The minimum absolute atomic E-state index is 0.285. The van der Waals surface area contributed by atoms with Gasteiger partial charge in [0.1, 0.15) is 6.04 Å². The summed E-state index contributed by atoms with van der Waals surface area (Å²) in [4.78, 5) is 10.5. The van der Waals surface area contributed by atoms with Crippen molar-refractivity contribution in [1.82, 2.24) is 0 Å². The summed E-state index contributed by atoms with van der Waals surface area (Å²) >= 11 is 0. The third-order valence-electron chi connectivity index (χ3n) is 2.14. The first kappa shape index (κ1) is 20.8. The normalized spacial score (nSPS) is 14.1. The largest absolute Gasteiger partial charge is 0.368 e. The molecular formula is C16H24N4O. The van der Waals surface area contributed by atoms with Crippen LogP contribution in [0.1, 0.15) is 13.8 Å². The molecule has 1 unspecified atom stereocenters. The highest BCUT2D eigenvalue weighted by Gasteiger charge is 2.10. The molecule has 0 aromatic heterocycles. The highest BCUT2D eigenvalue weighted by atomic mass is 16.1. The second-order valence-electron chi connectivity index (χ2n) is 3.53. The molecule has 0 saturated carbocycles. The van der Waals surface area contributed by atoms with Crippen molar-refractivity contribution < 1.29 is 4.79 Å². The average Bonchev–Trinajstić information content (AvgIpc) is 2.49. The summed E-state index contributed by atoms with van der Waals surface area (Å²) in [6, 6.07) is -0.787. The number of nitrogens with one attached hydrogen (secondary N) is 2. The smallest absolute Gasteiger partial charge is 0.238 e. The van der Waals surface area contributed by atoms with E-state index in [1.54, 1.807) is 30.4 Å². The van der Waals surface area contributed by atoms with Crippen molar-refractivity contribution in [1.29, 1.82) is 10.8 Å².